The number of methoxy groups -OCH3 is 1. The smallest absolute Gasteiger partial charge is 0.227 e. The van der Waals surface area contributed by atoms with Crippen molar-refractivity contribution in [1.29, 1.82) is 0 Å². The minimum absolute atomic E-state index is 0.173. The molecule has 9 heteroatoms. The molecule has 3 heterocycles. The topological polar surface area (TPSA) is 84.8 Å². The van der Waals surface area contributed by atoms with E-state index >= 15 is 0 Å². The van der Waals surface area contributed by atoms with Crippen LogP contribution in [0.15, 0.2) is 30.3 Å². The molecule has 8 nitrogen and oxygen atoms in total. The third-order valence-electron chi connectivity index (χ3n) is 4.82. The molecule has 1 aliphatic rings. The van der Waals surface area contributed by atoms with Gasteiger partial charge < -0.3 is 9.64 Å². The second-order valence-electron chi connectivity index (χ2n) is 6.54. The number of halogens is 1. The number of ether oxygens (including phenoxy) is 1. The highest BCUT2D eigenvalue weighted by Gasteiger charge is 2.36. The zero-order valence-electron chi connectivity index (χ0n) is 15.3. The number of rotatable bonds is 6. The summed E-state index contributed by atoms with van der Waals surface area (Å²) in [5.74, 6) is 2.11. The number of aromatic nitrogens is 6. The summed E-state index contributed by atoms with van der Waals surface area (Å²) in [6.45, 7) is 3.83. The van der Waals surface area contributed by atoms with E-state index < -0.39 is 6.17 Å². The number of benzene rings is 1. The van der Waals surface area contributed by atoms with E-state index in [1.807, 2.05) is 46.7 Å². The van der Waals surface area contributed by atoms with Crippen LogP contribution in [-0.4, -0.2) is 56.3 Å². The molecule has 1 N–H and O–H groups in total. The van der Waals surface area contributed by atoms with Gasteiger partial charge in [-0.3, -0.25) is 9.67 Å². The Morgan fingerprint density at radius 3 is 2.78 bits per heavy atom. The third kappa shape index (κ3) is 3.30. The van der Waals surface area contributed by atoms with E-state index in [4.69, 9.17) is 4.74 Å². The Morgan fingerprint density at radius 2 is 2.04 bits per heavy atom. The fraction of sp³-hybridized carbons (Fsp3) is 0.444. The van der Waals surface area contributed by atoms with Gasteiger partial charge in [-0.1, -0.05) is 30.3 Å². The standard InChI is InChI=1S/C18H22FN7O/c1-3-26-17(16-20-15(11-27-2)21-22-16)23-24-18(26)25-9-13(14(19)10-25)12-7-5-4-6-8-12/h4-8,13-14H,3,9-11H2,1-2H3,(H,20,21,22)/t13-,14-/m1/s1. The van der Waals surface area contributed by atoms with Crippen LogP contribution in [-0.2, 0) is 17.9 Å². The molecule has 1 aliphatic heterocycles. The summed E-state index contributed by atoms with van der Waals surface area (Å²) in [6, 6.07) is 9.78. The van der Waals surface area contributed by atoms with Crippen LogP contribution in [0.2, 0.25) is 0 Å². The van der Waals surface area contributed by atoms with Crippen LogP contribution in [0.1, 0.15) is 24.2 Å². The molecule has 1 saturated heterocycles. The van der Waals surface area contributed by atoms with E-state index in [1.54, 1.807) is 7.11 Å². The highest BCUT2D eigenvalue weighted by atomic mass is 19.1. The highest BCUT2D eigenvalue weighted by molar-refractivity contribution is 5.49. The number of anilines is 1. The number of hydrogen-bond acceptors (Lipinski definition) is 6. The summed E-state index contributed by atoms with van der Waals surface area (Å²) in [5, 5.41) is 15.6. The molecule has 0 unspecified atom stereocenters. The Labute approximate surface area is 156 Å². The van der Waals surface area contributed by atoms with E-state index in [-0.39, 0.29) is 5.92 Å². The molecule has 2 aromatic heterocycles. The van der Waals surface area contributed by atoms with Gasteiger partial charge in [0.1, 0.15) is 12.8 Å². The first kappa shape index (κ1) is 17.6. The van der Waals surface area contributed by atoms with Crippen LogP contribution in [0.4, 0.5) is 10.3 Å². The van der Waals surface area contributed by atoms with Gasteiger partial charge in [0.05, 0.1) is 6.54 Å². The molecule has 4 rings (SSSR count). The minimum atomic E-state index is -0.949. The molecule has 0 radical (unpaired) electrons. The monoisotopic (exact) mass is 371 g/mol. The molecule has 27 heavy (non-hydrogen) atoms. The minimum Gasteiger partial charge on any atom is -0.377 e. The fourth-order valence-corrected chi connectivity index (χ4v) is 3.52. The number of alkyl halides is 1. The summed E-state index contributed by atoms with van der Waals surface area (Å²) in [6.07, 6.45) is -0.949. The predicted molar refractivity (Wildman–Crippen MR) is 98.1 cm³/mol. The first-order valence-corrected chi connectivity index (χ1v) is 8.99. The SMILES string of the molecule is CCn1c(-c2n[nH]c(COC)n2)nnc1N1C[C@@H](F)[C@@H](c2ccccc2)C1. The van der Waals surface area contributed by atoms with Crippen molar-refractivity contribution in [3.63, 3.8) is 0 Å². The molecule has 0 aliphatic carbocycles. The van der Waals surface area contributed by atoms with Crippen molar-refractivity contribution < 1.29 is 9.13 Å². The normalized spacial score (nSPS) is 19.7. The second kappa shape index (κ2) is 7.43. The number of nitrogens with zero attached hydrogens (tertiary/aromatic N) is 6. The summed E-state index contributed by atoms with van der Waals surface area (Å²) in [5.41, 5.74) is 1.01. The molecular weight excluding hydrogens is 349 g/mol. The maximum Gasteiger partial charge on any atom is 0.227 e. The maximum absolute atomic E-state index is 14.7. The van der Waals surface area contributed by atoms with Gasteiger partial charge in [0.15, 0.2) is 5.82 Å². The van der Waals surface area contributed by atoms with Crippen LogP contribution in [0.5, 0.6) is 0 Å². The molecule has 3 aromatic rings. The van der Waals surface area contributed by atoms with E-state index in [1.165, 1.54) is 0 Å². The van der Waals surface area contributed by atoms with Gasteiger partial charge in [-0.2, -0.15) is 0 Å². The number of nitrogens with one attached hydrogen (secondary N) is 1. The second-order valence-corrected chi connectivity index (χ2v) is 6.54. The lowest BCUT2D eigenvalue weighted by Gasteiger charge is -2.17. The Bertz CT molecular complexity index is 894. The van der Waals surface area contributed by atoms with Crippen LogP contribution in [0, 0.1) is 0 Å². The molecule has 1 fully saturated rings. The summed E-state index contributed by atoms with van der Waals surface area (Å²) in [7, 11) is 1.60. The Balaban J connectivity index is 1.60. The van der Waals surface area contributed by atoms with Crippen LogP contribution in [0.3, 0.4) is 0 Å². The first-order valence-electron chi connectivity index (χ1n) is 8.99. The molecule has 0 saturated carbocycles. The molecule has 0 amide bonds. The van der Waals surface area contributed by atoms with Crippen molar-refractivity contribution in [2.24, 2.45) is 0 Å². The van der Waals surface area contributed by atoms with E-state index in [0.717, 1.165) is 5.56 Å². The Hall–Kier alpha value is -2.81. The van der Waals surface area contributed by atoms with Crippen molar-refractivity contribution in [1.82, 2.24) is 29.9 Å². The van der Waals surface area contributed by atoms with Crippen LogP contribution in [0.25, 0.3) is 11.6 Å². The summed E-state index contributed by atoms with van der Waals surface area (Å²) >= 11 is 0. The Morgan fingerprint density at radius 1 is 1.22 bits per heavy atom. The largest absolute Gasteiger partial charge is 0.377 e. The number of hydrogen-bond donors (Lipinski definition) is 1. The number of H-pyrrole nitrogens is 1. The zero-order chi connectivity index (χ0) is 18.8. The molecular formula is C18H22FN7O. The average molecular weight is 371 g/mol. The quantitative estimate of drug-likeness (QED) is 0.715. The first-order chi connectivity index (χ1) is 13.2. The van der Waals surface area contributed by atoms with Crippen LogP contribution >= 0.6 is 0 Å². The molecule has 142 valence electrons. The van der Waals surface area contributed by atoms with Gasteiger partial charge in [0.25, 0.3) is 0 Å². The van der Waals surface area contributed by atoms with Gasteiger partial charge in [0.2, 0.25) is 17.6 Å². The van der Waals surface area contributed by atoms with Crippen molar-refractivity contribution in [3.05, 3.63) is 41.7 Å². The molecule has 0 bridgehead atoms. The summed E-state index contributed by atoms with van der Waals surface area (Å²) in [4.78, 5) is 6.34. The van der Waals surface area contributed by atoms with Gasteiger partial charge in [-0.25, -0.2) is 9.37 Å². The fourth-order valence-electron chi connectivity index (χ4n) is 3.52. The third-order valence-corrected chi connectivity index (χ3v) is 4.82. The van der Waals surface area contributed by atoms with E-state index in [9.17, 15) is 4.39 Å². The van der Waals surface area contributed by atoms with Gasteiger partial charge in [-0.15, -0.1) is 15.3 Å². The summed E-state index contributed by atoms with van der Waals surface area (Å²) < 4.78 is 21.7. The van der Waals surface area contributed by atoms with Crippen molar-refractivity contribution in [2.45, 2.75) is 32.2 Å². The Kier molecular flexibility index (Phi) is 4.85. The van der Waals surface area contributed by atoms with Crippen molar-refractivity contribution in [3.8, 4) is 11.6 Å². The lowest BCUT2D eigenvalue weighted by molar-refractivity contribution is 0.178. The zero-order valence-corrected chi connectivity index (χ0v) is 15.3. The van der Waals surface area contributed by atoms with Gasteiger partial charge >= 0.3 is 0 Å². The number of aromatic amines is 1. The molecule has 2 atom stereocenters. The van der Waals surface area contributed by atoms with Crippen LogP contribution < -0.4 is 4.90 Å². The average Bonchev–Trinajstić information content (AvgIpc) is 3.40. The van der Waals surface area contributed by atoms with Crippen molar-refractivity contribution in [2.75, 3.05) is 25.1 Å². The van der Waals surface area contributed by atoms with E-state index in [0.29, 0.717) is 49.7 Å². The lowest BCUT2D eigenvalue weighted by Crippen LogP contribution is -2.24. The predicted octanol–water partition coefficient (Wildman–Crippen LogP) is 2.17. The lowest BCUT2D eigenvalue weighted by atomic mass is 9.97. The maximum atomic E-state index is 14.7. The molecule has 0 spiro atoms. The van der Waals surface area contributed by atoms with Gasteiger partial charge in [-0.05, 0) is 12.5 Å². The van der Waals surface area contributed by atoms with Crippen molar-refractivity contribution >= 4 is 5.95 Å². The highest BCUT2D eigenvalue weighted by Crippen LogP contribution is 2.33. The van der Waals surface area contributed by atoms with E-state index in [2.05, 4.69) is 25.4 Å². The van der Waals surface area contributed by atoms with Gasteiger partial charge in [0, 0.05) is 26.1 Å². The molecule has 1 aromatic carbocycles.